The summed E-state index contributed by atoms with van der Waals surface area (Å²) in [4.78, 5) is 20.4. The van der Waals surface area contributed by atoms with E-state index < -0.39 is 0 Å². The summed E-state index contributed by atoms with van der Waals surface area (Å²) in [5.74, 6) is 1.68. The Hall–Kier alpha value is -3.64. The molecular formula is C26H26N4O2. The molecule has 3 heterocycles. The van der Waals surface area contributed by atoms with Gasteiger partial charge in [-0.3, -0.25) is 4.79 Å². The van der Waals surface area contributed by atoms with E-state index in [4.69, 9.17) is 4.74 Å². The molecule has 0 radical (unpaired) electrons. The fourth-order valence-electron chi connectivity index (χ4n) is 4.40. The van der Waals surface area contributed by atoms with Crippen molar-refractivity contribution in [1.82, 2.24) is 20.6 Å². The van der Waals surface area contributed by atoms with Crippen LogP contribution in [0.4, 0.5) is 0 Å². The minimum Gasteiger partial charge on any atom is -0.457 e. The van der Waals surface area contributed by atoms with Crippen molar-refractivity contribution in [3.05, 3.63) is 89.7 Å². The molecule has 1 saturated heterocycles. The van der Waals surface area contributed by atoms with Gasteiger partial charge in [0, 0.05) is 37.9 Å². The van der Waals surface area contributed by atoms with Gasteiger partial charge in [0.2, 0.25) is 5.91 Å². The maximum atomic E-state index is 12.9. The number of aromatic nitrogens is 2. The standard InChI is InChI=1S/C26H26N4O2/c1-17-13-29-25-24(17)23(11-12-28-25)32-20-9-7-19(8-10-20)21-15-27-16-22(21)26(31)30-14-18-5-3-2-4-6-18/h2-13,21-22,27H,14-16H2,1H3,(H,28,29)(H,30,31)/t21-,22+/m0/s1. The average molecular weight is 427 g/mol. The molecule has 1 aliphatic heterocycles. The van der Waals surface area contributed by atoms with Crippen molar-refractivity contribution in [2.45, 2.75) is 19.4 Å². The minimum atomic E-state index is -0.0900. The first-order valence-electron chi connectivity index (χ1n) is 10.9. The molecular weight excluding hydrogens is 400 g/mol. The minimum absolute atomic E-state index is 0.0892. The number of rotatable bonds is 6. The van der Waals surface area contributed by atoms with Crippen LogP contribution in [-0.4, -0.2) is 29.0 Å². The maximum absolute atomic E-state index is 12.9. The molecule has 6 nitrogen and oxygen atoms in total. The molecule has 2 aromatic carbocycles. The van der Waals surface area contributed by atoms with Gasteiger partial charge < -0.3 is 20.4 Å². The second-order valence-corrected chi connectivity index (χ2v) is 8.25. The molecule has 4 aromatic rings. The van der Waals surface area contributed by atoms with Crippen molar-refractivity contribution < 1.29 is 9.53 Å². The van der Waals surface area contributed by atoms with Gasteiger partial charge in [0.15, 0.2) is 0 Å². The van der Waals surface area contributed by atoms with Crippen molar-refractivity contribution in [3.8, 4) is 11.5 Å². The molecule has 0 spiro atoms. The van der Waals surface area contributed by atoms with Crippen molar-refractivity contribution in [1.29, 1.82) is 0 Å². The number of nitrogens with zero attached hydrogens (tertiary/aromatic N) is 1. The number of nitrogens with one attached hydrogen (secondary N) is 3. The lowest BCUT2D eigenvalue weighted by Gasteiger charge is -2.19. The zero-order valence-electron chi connectivity index (χ0n) is 18.0. The van der Waals surface area contributed by atoms with Gasteiger partial charge in [-0.15, -0.1) is 0 Å². The molecule has 162 valence electrons. The fourth-order valence-corrected chi connectivity index (χ4v) is 4.40. The molecule has 1 amide bonds. The smallest absolute Gasteiger partial charge is 0.225 e. The highest BCUT2D eigenvalue weighted by atomic mass is 16.5. The van der Waals surface area contributed by atoms with Gasteiger partial charge in [0.25, 0.3) is 0 Å². The van der Waals surface area contributed by atoms with Gasteiger partial charge in [-0.1, -0.05) is 42.5 Å². The predicted molar refractivity (Wildman–Crippen MR) is 125 cm³/mol. The summed E-state index contributed by atoms with van der Waals surface area (Å²) in [5, 5.41) is 7.46. The van der Waals surface area contributed by atoms with Crippen LogP contribution in [-0.2, 0) is 11.3 Å². The number of fused-ring (bicyclic) bond motifs is 1. The summed E-state index contributed by atoms with van der Waals surface area (Å²) in [6.45, 7) is 4.06. The van der Waals surface area contributed by atoms with E-state index in [1.54, 1.807) is 6.20 Å². The van der Waals surface area contributed by atoms with Crippen molar-refractivity contribution in [2.24, 2.45) is 5.92 Å². The third-order valence-electron chi connectivity index (χ3n) is 6.13. The molecule has 0 bridgehead atoms. The van der Waals surface area contributed by atoms with Crippen LogP contribution in [0.15, 0.2) is 73.1 Å². The number of pyridine rings is 1. The molecule has 0 aliphatic carbocycles. The topological polar surface area (TPSA) is 79.0 Å². The predicted octanol–water partition coefficient (Wildman–Crippen LogP) is 4.28. The molecule has 3 N–H and O–H groups in total. The Bertz CT molecular complexity index is 1220. The first-order chi connectivity index (χ1) is 15.7. The highest BCUT2D eigenvalue weighted by Gasteiger charge is 2.33. The molecule has 0 unspecified atom stereocenters. The quantitative estimate of drug-likeness (QED) is 0.430. The number of benzene rings is 2. The maximum Gasteiger partial charge on any atom is 0.225 e. The number of carbonyl (C=O) groups is 1. The van der Waals surface area contributed by atoms with Gasteiger partial charge in [0.05, 0.1) is 11.3 Å². The summed E-state index contributed by atoms with van der Waals surface area (Å²) in [5.41, 5.74) is 4.16. The van der Waals surface area contributed by atoms with Gasteiger partial charge in [-0.05, 0) is 41.8 Å². The Kier molecular flexibility index (Phi) is 5.60. The summed E-state index contributed by atoms with van der Waals surface area (Å²) < 4.78 is 6.16. The number of aromatic amines is 1. The third kappa shape index (κ3) is 4.09. The molecule has 1 fully saturated rings. The number of carbonyl (C=O) groups excluding carboxylic acids is 1. The number of hydrogen-bond acceptors (Lipinski definition) is 4. The van der Waals surface area contributed by atoms with Crippen LogP contribution < -0.4 is 15.4 Å². The molecule has 6 heteroatoms. The summed E-state index contributed by atoms with van der Waals surface area (Å²) in [6.07, 6.45) is 3.68. The average Bonchev–Trinajstić information content (AvgIpc) is 3.47. The van der Waals surface area contributed by atoms with Crippen LogP contribution in [0.25, 0.3) is 11.0 Å². The van der Waals surface area contributed by atoms with E-state index >= 15 is 0 Å². The Morgan fingerprint density at radius 2 is 1.91 bits per heavy atom. The largest absolute Gasteiger partial charge is 0.457 e. The van der Waals surface area contributed by atoms with E-state index in [0.717, 1.165) is 45.8 Å². The number of aryl methyl sites for hydroxylation is 1. The molecule has 2 atom stereocenters. The van der Waals surface area contributed by atoms with E-state index in [-0.39, 0.29) is 17.7 Å². The van der Waals surface area contributed by atoms with Crippen molar-refractivity contribution in [3.63, 3.8) is 0 Å². The monoisotopic (exact) mass is 426 g/mol. The van der Waals surface area contributed by atoms with Crippen molar-refractivity contribution in [2.75, 3.05) is 13.1 Å². The fraction of sp³-hybridized carbons (Fsp3) is 0.231. The highest BCUT2D eigenvalue weighted by molar-refractivity contribution is 5.86. The van der Waals surface area contributed by atoms with E-state index in [9.17, 15) is 4.79 Å². The van der Waals surface area contributed by atoms with Crippen LogP contribution in [0.2, 0.25) is 0 Å². The van der Waals surface area contributed by atoms with Crippen LogP contribution in [0.1, 0.15) is 22.6 Å². The summed E-state index contributed by atoms with van der Waals surface area (Å²) in [7, 11) is 0. The second-order valence-electron chi connectivity index (χ2n) is 8.25. The molecule has 2 aromatic heterocycles. The van der Waals surface area contributed by atoms with Crippen LogP contribution in [0.5, 0.6) is 11.5 Å². The Balaban J connectivity index is 1.27. The Morgan fingerprint density at radius 1 is 1.09 bits per heavy atom. The number of amides is 1. The van der Waals surface area contributed by atoms with E-state index in [1.165, 1.54) is 0 Å². The first-order valence-corrected chi connectivity index (χ1v) is 10.9. The van der Waals surface area contributed by atoms with Crippen LogP contribution in [0, 0.1) is 12.8 Å². The van der Waals surface area contributed by atoms with Gasteiger partial charge in [-0.25, -0.2) is 4.98 Å². The molecule has 5 rings (SSSR count). The third-order valence-corrected chi connectivity index (χ3v) is 6.13. The van der Waals surface area contributed by atoms with Gasteiger partial charge >= 0.3 is 0 Å². The molecule has 0 saturated carbocycles. The Labute approximate surface area is 187 Å². The molecule has 32 heavy (non-hydrogen) atoms. The van der Waals surface area contributed by atoms with Crippen LogP contribution in [0.3, 0.4) is 0 Å². The number of hydrogen-bond donors (Lipinski definition) is 3. The lowest BCUT2D eigenvalue weighted by molar-refractivity contribution is -0.125. The number of H-pyrrole nitrogens is 1. The SMILES string of the molecule is Cc1c[nH]c2nccc(Oc3ccc([C@@H]4CNC[C@H]4C(=O)NCc4ccccc4)cc3)c12. The van der Waals surface area contributed by atoms with Crippen molar-refractivity contribution >= 4 is 16.9 Å². The summed E-state index contributed by atoms with van der Waals surface area (Å²) >= 11 is 0. The van der Waals surface area contributed by atoms with E-state index in [2.05, 4.69) is 32.7 Å². The zero-order valence-corrected chi connectivity index (χ0v) is 18.0. The second kappa shape index (κ2) is 8.85. The van der Waals surface area contributed by atoms with E-state index in [0.29, 0.717) is 13.1 Å². The van der Waals surface area contributed by atoms with Gasteiger partial charge in [-0.2, -0.15) is 0 Å². The highest BCUT2D eigenvalue weighted by Crippen LogP contribution is 2.33. The summed E-state index contributed by atoms with van der Waals surface area (Å²) in [6, 6.07) is 19.9. The normalized spacial score (nSPS) is 18.0. The first kappa shape index (κ1) is 20.3. The molecule has 1 aliphatic rings. The van der Waals surface area contributed by atoms with Gasteiger partial charge in [0.1, 0.15) is 17.1 Å². The van der Waals surface area contributed by atoms with E-state index in [1.807, 2.05) is 61.7 Å². The number of ether oxygens (including phenoxy) is 1. The van der Waals surface area contributed by atoms with Crippen LogP contribution >= 0.6 is 0 Å². The lowest BCUT2D eigenvalue weighted by Crippen LogP contribution is -2.34. The lowest BCUT2D eigenvalue weighted by atomic mass is 9.88. The zero-order chi connectivity index (χ0) is 21.9. The Morgan fingerprint density at radius 3 is 2.72 bits per heavy atom.